The number of carbonyl (C=O) groups excluding carboxylic acids is 1. The van der Waals surface area contributed by atoms with Gasteiger partial charge in [0, 0.05) is 19.0 Å². The number of hydrogen-bond donors (Lipinski definition) is 1. The summed E-state index contributed by atoms with van der Waals surface area (Å²) in [4.78, 5) is 23.4. The Kier molecular flexibility index (Phi) is 5.36. The van der Waals surface area contributed by atoms with E-state index >= 15 is 0 Å². The van der Waals surface area contributed by atoms with Crippen LogP contribution in [-0.2, 0) is 11.3 Å². The van der Waals surface area contributed by atoms with Gasteiger partial charge >= 0.3 is 6.09 Å². The lowest BCUT2D eigenvalue weighted by Gasteiger charge is -2.31. The molecule has 0 aliphatic heterocycles. The lowest BCUT2D eigenvalue weighted by Crippen LogP contribution is -2.42. The van der Waals surface area contributed by atoms with Crippen LogP contribution in [0.25, 0.3) is 0 Å². The largest absolute Gasteiger partial charge is 0.465 e. The van der Waals surface area contributed by atoms with Gasteiger partial charge in [-0.2, -0.15) is 0 Å². The van der Waals surface area contributed by atoms with Crippen LogP contribution >= 0.6 is 0 Å². The zero-order chi connectivity index (χ0) is 13.5. The molecule has 0 aromatic heterocycles. The first-order valence-electron chi connectivity index (χ1n) is 6.03. The Balaban J connectivity index is 2.87. The highest BCUT2D eigenvalue weighted by Crippen LogP contribution is 2.17. The molecule has 0 fully saturated rings. The van der Waals surface area contributed by atoms with Crippen molar-refractivity contribution in [3.05, 3.63) is 35.9 Å². The van der Waals surface area contributed by atoms with Crippen molar-refractivity contribution in [1.29, 1.82) is 0 Å². The molecule has 0 saturated heterocycles. The zero-order valence-corrected chi connectivity index (χ0v) is 10.7. The van der Waals surface area contributed by atoms with Crippen LogP contribution in [-0.4, -0.2) is 28.4 Å². The van der Waals surface area contributed by atoms with Gasteiger partial charge in [0.05, 0.1) is 0 Å². The van der Waals surface area contributed by atoms with Crippen molar-refractivity contribution in [3.63, 3.8) is 0 Å². The summed E-state index contributed by atoms with van der Waals surface area (Å²) in [7, 11) is 0. The molecule has 1 amide bonds. The molecule has 1 unspecified atom stereocenters. The maximum absolute atomic E-state index is 11.3. The lowest BCUT2D eigenvalue weighted by molar-refractivity contribution is -0.109. The summed E-state index contributed by atoms with van der Waals surface area (Å²) in [6.07, 6.45) is 0.0296. The monoisotopic (exact) mass is 249 g/mol. The van der Waals surface area contributed by atoms with E-state index in [9.17, 15) is 14.7 Å². The van der Waals surface area contributed by atoms with Crippen molar-refractivity contribution < 1.29 is 14.7 Å². The van der Waals surface area contributed by atoms with Gasteiger partial charge < -0.3 is 14.8 Å². The molecule has 1 rings (SSSR count). The van der Waals surface area contributed by atoms with Crippen LogP contribution in [0.4, 0.5) is 4.79 Å². The number of benzene rings is 1. The normalized spacial score (nSPS) is 12.2. The Morgan fingerprint density at radius 1 is 1.33 bits per heavy atom. The van der Waals surface area contributed by atoms with Crippen LogP contribution in [0.3, 0.4) is 0 Å². The van der Waals surface area contributed by atoms with Crippen molar-refractivity contribution in [1.82, 2.24) is 4.90 Å². The number of aldehydes is 1. The van der Waals surface area contributed by atoms with E-state index in [1.807, 2.05) is 44.2 Å². The van der Waals surface area contributed by atoms with Crippen LogP contribution in [0.5, 0.6) is 0 Å². The SMILES string of the molecule is CC(C)C(CC=O)N(Cc1ccccc1)C(=O)O. The van der Waals surface area contributed by atoms with E-state index in [1.165, 1.54) is 4.90 Å². The second-order valence-corrected chi connectivity index (χ2v) is 4.61. The maximum Gasteiger partial charge on any atom is 0.407 e. The van der Waals surface area contributed by atoms with E-state index in [-0.39, 0.29) is 18.4 Å². The Morgan fingerprint density at radius 2 is 1.94 bits per heavy atom. The Hall–Kier alpha value is -1.84. The van der Waals surface area contributed by atoms with Crippen molar-refractivity contribution in [2.75, 3.05) is 0 Å². The first-order chi connectivity index (χ1) is 8.56. The van der Waals surface area contributed by atoms with E-state index < -0.39 is 6.09 Å². The van der Waals surface area contributed by atoms with Crippen molar-refractivity contribution >= 4 is 12.4 Å². The highest BCUT2D eigenvalue weighted by molar-refractivity contribution is 5.66. The highest BCUT2D eigenvalue weighted by Gasteiger charge is 2.25. The van der Waals surface area contributed by atoms with Crippen molar-refractivity contribution in [2.24, 2.45) is 5.92 Å². The van der Waals surface area contributed by atoms with Crippen LogP contribution in [0.1, 0.15) is 25.8 Å². The Morgan fingerprint density at radius 3 is 2.39 bits per heavy atom. The van der Waals surface area contributed by atoms with Crippen LogP contribution in [0.15, 0.2) is 30.3 Å². The minimum atomic E-state index is -0.987. The molecule has 0 saturated carbocycles. The number of carbonyl (C=O) groups is 2. The molecule has 0 spiro atoms. The summed E-state index contributed by atoms with van der Waals surface area (Å²) in [5, 5.41) is 9.29. The molecular formula is C14H19NO3. The molecule has 4 heteroatoms. The van der Waals surface area contributed by atoms with Gasteiger partial charge in [0.15, 0.2) is 0 Å². The molecule has 4 nitrogen and oxygen atoms in total. The topological polar surface area (TPSA) is 57.6 Å². The van der Waals surface area contributed by atoms with E-state index in [4.69, 9.17) is 0 Å². The smallest absolute Gasteiger partial charge is 0.407 e. The molecule has 18 heavy (non-hydrogen) atoms. The molecule has 0 aliphatic carbocycles. The number of rotatable bonds is 6. The Labute approximate surface area is 107 Å². The third-order valence-corrected chi connectivity index (χ3v) is 2.95. The number of nitrogens with zero attached hydrogens (tertiary/aromatic N) is 1. The average Bonchev–Trinajstić information content (AvgIpc) is 2.34. The van der Waals surface area contributed by atoms with Gasteiger partial charge in [0.25, 0.3) is 0 Å². The summed E-state index contributed by atoms with van der Waals surface area (Å²) < 4.78 is 0. The molecule has 1 aromatic carbocycles. The third kappa shape index (κ3) is 3.87. The van der Waals surface area contributed by atoms with Crippen LogP contribution in [0.2, 0.25) is 0 Å². The van der Waals surface area contributed by atoms with Gasteiger partial charge in [-0.1, -0.05) is 44.2 Å². The molecule has 98 valence electrons. The van der Waals surface area contributed by atoms with Gasteiger partial charge in [-0.3, -0.25) is 0 Å². The van der Waals surface area contributed by atoms with Gasteiger partial charge in [-0.05, 0) is 11.5 Å². The Bertz CT molecular complexity index is 389. The standard InChI is InChI=1S/C14H19NO3/c1-11(2)13(8-9-16)15(14(17)18)10-12-6-4-3-5-7-12/h3-7,9,11,13H,8,10H2,1-2H3,(H,17,18). The van der Waals surface area contributed by atoms with Gasteiger partial charge in [-0.25, -0.2) is 4.79 Å². The van der Waals surface area contributed by atoms with E-state index in [1.54, 1.807) is 0 Å². The molecule has 0 heterocycles. The minimum Gasteiger partial charge on any atom is -0.465 e. The summed E-state index contributed by atoms with van der Waals surface area (Å²) in [5.74, 6) is 0.106. The maximum atomic E-state index is 11.3. The van der Waals surface area contributed by atoms with Gasteiger partial charge in [0.1, 0.15) is 6.29 Å². The molecule has 0 radical (unpaired) electrons. The fourth-order valence-corrected chi connectivity index (χ4v) is 1.96. The molecule has 0 aliphatic rings. The minimum absolute atomic E-state index is 0.106. The second kappa shape index (κ2) is 6.79. The zero-order valence-electron chi connectivity index (χ0n) is 10.7. The lowest BCUT2D eigenvalue weighted by atomic mass is 9.99. The van der Waals surface area contributed by atoms with Gasteiger partial charge in [0.2, 0.25) is 0 Å². The summed E-state index contributed by atoms with van der Waals surface area (Å²) >= 11 is 0. The average molecular weight is 249 g/mol. The fraction of sp³-hybridized carbons (Fsp3) is 0.429. The first-order valence-corrected chi connectivity index (χ1v) is 6.03. The molecule has 1 N–H and O–H groups in total. The third-order valence-electron chi connectivity index (χ3n) is 2.95. The van der Waals surface area contributed by atoms with E-state index in [0.29, 0.717) is 6.54 Å². The van der Waals surface area contributed by atoms with Crippen molar-refractivity contribution in [2.45, 2.75) is 32.9 Å². The van der Waals surface area contributed by atoms with Crippen LogP contribution < -0.4 is 0 Å². The van der Waals surface area contributed by atoms with Crippen LogP contribution in [0, 0.1) is 5.92 Å². The van der Waals surface area contributed by atoms with E-state index in [2.05, 4.69) is 0 Å². The predicted molar refractivity (Wildman–Crippen MR) is 69.3 cm³/mol. The second-order valence-electron chi connectivity index (χ2n) is 4.61. The highest BCUT2D eigenvalue weighted by atomic mass is 16.4. The van der Waals surface area contributed by atoms with Gasteiger partial charge in [-0.15, -0.1) is 0 Å². The summed E-state index contributed by atoms with van der Waals surface area (Å²) in [6, 6.07) is 9.13. The summed E-state index contributed by atoms with van der Waals surface area (Å²) in [5.41, 5.74) is 0.927. The first kappa shape index (κ1) is 14.2. The van der Waals surface area contributed by atoms with E-state index in [0.717, 1.165) is 11.8 Å². The molecule has 1 atom stereocenters. The number of carboxylic acid groups (broad SMARTS) is 1. The van der Waals surface area contributed by atoms with Crippen molar-refractivity contribution in [3.8, 4) is 0 Å². The molecule has 1 aromatic rings. The predicted octanol–water partition coefficient (Wildman–Crippen LogP) is 2.78. The molecule has 0 bridgehead atoms. The molecular weight excluding hydrogens is 230 g/mol. The number of amides is 1. The quantitative estimate of drug-likeness (QED) is 0.789. The fourth-order valence-electron chi connectivity index (χ4n) is 1.96. The summed E-state index contributed by atoms with van der Waals surface area (Å²) in [6.45, 7) is 4.16. The number of hydrogen-bond acceptors (Lipinski definition) is 2.